The number of pyridine rings is 1. The molecule has 3 rings (SSSR count). The van der Waals surface area contributed by atoms with Gasteiger partial charge in [-0.1, -0.05) is 42.7 Å². The molecule has 0 saturated heterocycles. The van der Waals surface area contributed by atoms with Crippen LogP contribution in [0.3, 0.4) is 0 Å². The highest BCUT2D eigenvalue weighted by Gasteiger charge is 2.26. The highest BCUT2D eigenvalue weighted by Crippen LogP contribution is 2.26. The molecule has 0 radical (unpaired) electrons. The van der Waals surface area contributed by atoms with Gasteiger partial charge >= 0.3 is 0 Å². The molecule has 2 atom stereocenters. The molecule has 1 N–H and O–H groups in total. The third-order valence-corrected chi connectivity index (χ3v) is 5.09. The number of carbonyl (C=O) groups is 1. The molecule has 0 bridgehead atoms. The standard InChI is InChI=1S/C21H26N2O2/c1-15-7-9-16(10-8-15)18-11-19(13-22-12-18)21(25)23(2)14-17-5-3-4-6-20(17)24/h7-13,17,20,24H,3-6,14H2,1-2H3. The highest BCUT2D eigenvalue weighted by atomic mass is 16.3. The largest absolute Gasteiger partial charge is 0.393 e. The van der Waals surface area contributed by atoms with E-state index in [1.165, 1.54) is 5.56 Å². The fourth-order valence-corrected chi connectivity index (χ4v) is 3.52. The van der Waals surface area contributed by atoms with Crippen LogP contribution in [0.5, 0.6) is 0 Å². The van der Waals surface area contributed by atoms with Gasteiger partial charge in [0.25, 0.3) is 5.91 Å². The van der Waals surface area contributed by atoms with Crippen LogP contribution in [0.15, 0.2) is 42.7 Å². The first kappa shape index (κ1) is 17.6. The number of hydrogen-bond acceptors (Lipinski definition) is 3. The molecule has 4 heteroatoms. The summed E-state index contributed by atoms with van der Waals surface area (Å²) in [5, 5.41) is 10.1. The van der Waals surface area contributed by atoms with Gasteiger partial charge < -0.3 is 10.0 Å². The second kappa shape index (κ2) is 7.79. The molecule has 0 aliphatic heterocycles. The normalized spacial score (nSPS) is 20.3. The Morgan fingerprint density at radius 2 is 1.88 bits per heavy atom. The van der Waals surface area contributed by atoms with Gasteiger partial charge in [0.2, 0.25) is 0 Å². The summed E-state index contributed by atoms with van der Waals surface area (Å²) >= 11 is 0. The van der Waals surface area contributed by atoms with Crippen LogP contribution < -0.4 is 0 Å². The van der Waals surface area contributed by atoms with Gasteiger partial charge in [-0.3, -0.25) is 9.78 Å². The molecule has 1 heterocycles. The van der Waals surface area contributed by atoms with Crippen LogP contribution in [0.4, 0.5) is 0 Å². The van der Waals surface area contributed by atoms with Crippen LogP contribution >= 0.6 is 0 Å². The zero-order valence-corrected chi connectivity index (χ0v) is 15.0. The predicted molar refractivity (Wildman–Crippen MR) is 99.3 cm³/mol. The minimum Gasteiger partial charge on any atom is -0.393 e. The molecule has 1 aromatic carbocycles. The van der Waals surface area contributed by atoms with Crippen molar-refractivity contribution in [1.29, 1.82) is 0 Å². The van der Waals surface area contributed by atoms with E-state index in [9.17, 15) is 9.90 Å². The summed E-state index contributed by atoms with van der Waals surface area (Å²) in [6.07, 6.45) is 7.16. The van der Waals surface area contributed by atoms with Crippen molar-refractivity contribution in [2.45, 2.75) is 38.7 Å². The summed E-state index contributed by atoms with van der Waals surface area (Å²) in [7, 11) is 1.81. The molecule has 1 fully saturated rings. The minimum absolute atomic E-state index is 0.0424. The number of aliphatic hydroxyl groups is 1. The van der Waals surface area contributed by atoms with Crippen LogP contribution in [-0.4, -0.2) is 40.6 Å². The molecular weight excluding hydrogens is 312 g/mol. The van der Waals surface area contributed by atoms with Crippen molar-refractivity contribution in [3.05, 3.63) is 53.9 Å². The molecule has 0 spiro atoms. The Hall–Kier alpha value is -2.20. The van der Waals surface area contributed by atoms with E-state index in [4.69, 9.17) is 0 Å². The third-order valence-electron chi connectivity index (χ3n) is 5.09. The van der Waals surface area contributed by atoms with Gasteiger partial charge in [-0.2, -0.15) is 0 Å². The number of aryl methyl sites for hydroxylation is 1. The number of hydrogen-bond donors (Lipinski definition) is 1. The van der Waals surface area contributed by atoms with Crippen molar-refractivity contribution in [1.82, 2.24) is 9.88 Å². The number of rotatable bonds is 4. The van der Waals surface area contributed by atoms with Crippen LogP contribution in [-0.2, 0) is 0 Å². The van der Waals surface area contributed by atoms with Gasteiger partial charge in [0.05, 0.1) is 11.7 Å². The monoisotopic (exact) mass is 338 g/mol. The second-order valence-electron chi connectivity index (χ2n) is 7.13. The van der Waals surface area contributed by atoms with Crippen molar-refractivity contribution in [2.24, 2.45) is 5.92 Å². The average Bonchev–Trinajstić information content (AvgIpc) is 2.63. The Bertz CT molecular complexity index is 727. The SMILES string of the molecule is Cc1ccc(-c2cncc(C(=O)N(C)CC3CCCCC3O)c2)cc1. The molecule has 25 heavy (non-hydrogen) atoms. The van der Waals surface area contributed by atoms with E-state index in [-0.39, 0.29) is 17.9 Å². The number of benzene rings is 1. The Kier molecular flexibility index (Phi) is 5.49. The lowest BCUT2D eigenvalue weighted by Gasteiger charge is -2.31. The van der Waals surface area contributed by atoms with Crippen molar-refractivity contribution in [2.75, 3.05) is 13.6 Å². The van der Waals surface area contributed by atoms with Gasteiger partial charge in [-0.05, 0) is 31.4 Å². The lowest BCUT2D eigenvalue weighted by Crippen LogP contribution is -2.38. The minimum atomic E-state index is -0.291. The summed E-state index contributed by atoms with van der Waals surface area (Å²) < 4.78 is 0. The van der Waals surface area contributed by atoms with E-state index in [0.717, 1.165) is 36.8 Å². The van der Waals surface area contributed by atoms with E-state index >= 15 is 0 Å². The van der Waals surface area contributed by atoms with E-state index < -0.39 is 0 Å². The lowest BCUT2D eigenvalue weighted by atomic mass is 9.86. The maximum atomic E-state index is 12.8. The summed E-state index contributed by atoms with van der Waals surface area (Å²) in [5.74, 6) is 0.134. The smallest absolute Gasteiger partial charge is 0.255 e. The maximum Gasteiger partial charge on any atom is 0.255 e. The quantitative estimate of drug-likeness (QED) is 0.925. The molecule has 1 amide bonds. The van der Waals surface area contributed by atoms with Crippen LogP contribution in [0.2, 0.25) is 0 Å². The number of aromatic nitrogens is 1. The third kappa shape index (κ3) is 4.26. The van der Waals surface area contributed by atoms with E-state index in [0.29, 0.717) is 12.1 Å². The first-order valence-corrected chi connectivity index (χ1v) is 9.00. The molecule has 2 aromatic rings. The molecule has 132 valence electrons. The maximum absolute atomic E-state index is 12.8. The summed E-state index contributed by atoms with van der Waals surface area (Å²) in [5.41, 5.74) is 3.79. The first-order valence-electron chi connectivity index (χ1n) is 9.00. The van der Waals surface area contributed by atoms with Crippen molar-refractivity contribution < 1.29 is 9.90 Å². The van der Waals surface area contributed by atoms with Crippen LogP contribution in [0, 0.1) is 12.8 Å². The van der Waals surface area contributed by atoms with Crippen LogP contribution in [0.1, 0.15) is 41.6 Å². The van der Waals surface area contributed by atoms with Gasteiger partial charge in [-0.15, -0.1) is 0 Å². The van der Waals surface area contributed by atoms with Gasteiger partial charge in [-0.25, -0.2) is 0 Å². The number of carbonyl (C=O) groups excluding carboxylic acids is 1. The summed E-state index contributed by atoms with van der Waals surface area (Å²) in [6.45, 7) is 2.64. The van der Waals surface area contributed by atoms with Gasteiger partial charge in [0.15, 0.2) is 0 Å². The lowest BCUT2D eigenvalue weighted by molar-refractivity contribution is 0.0451. The Morgan fingerprint density at radius 3 is 2.60 bits per heavy atom. The van der Waals surface area contributed by atoms with E-state index in [1.807, 2.05) is 25.2 Å². The van der Waals surface area contributed by atoms with Gasteiger partial charge in [0.1, 0.15) is 0 Å². The fraction of sp³-hybridized carbons (Fsp3) is 0.429. The first-order chi connectivity index (χ1) is 12.0. The average molecular weight is 338 g/mol. The molecule has 2 unspecified atom stereocenters. The second-order valence-corrected chi connectivity index (χ2v) is 7.13. The zero-order valence-electron chi connectivity index (χ0n) is 15.0. The number of nitrogens with zero attached hydrogens (tertiary/aromatic N) is 2. The van der Waals surface area contributed by atoms with Crippen molar-refractivity contribution in [3.8, 4) is 11.1 Å². The Labute approximate surface area is 149 Å². The Balaban J connectivity index is 1.73. The van der Waals surface area contributed by atoms with Crippen molar-refractivity contribution in [3.63, 3.8) is 0 Å². The number of aliphatic hydroxyl groups excluding tert-OH is 1. The molecule has 1 aromatic heterocycles. The molecule has 4 nitrogen and oxygen atoms in total. The zero-order chi connectivity index (χ0) is 17.8. The highest BCUT2D eigenvalue weighted by molar-refractivity contribution is 5.94. The predicted octanol–water partition coefficient (Wildman–Crippen LogP) is 3.68. The topological polar surface area (TPSA) is 53.4 Å². The van der Waals surface area contributed by atoms with Crippen LogP contribution in [0.25, 0.3) is 11.1 Å². The van der Waals surface area contributed by atoms with Crippen molar-refractivity contribution >= 4 is 5.91 Å². The van der Waals surface area contributed by atoms with E-state index in [2.05, 4.69) is 24.0 Å². The summed E-state index contributed by atoms with van der Waals surface area (Å²) in [4.78, 5) is 18.7. The molecule has 1 aliphatic carbocycles. The number of amides is 1. The van der Waals surface area contributed by atoms with E-state index in [1.54, 1.807) is 17.3 Å². The molecule has 1 saturated carbocycles. The molecule has 1 aliphatic rings. The Morgan fingerprint density at radius 1 is 1.16 bits per heavy atom. The molecular formula is C21H26N2O2. The van der Waals surface area contributed by atoms with Gasteiger partial charge in [0, 0.05) is 37.5 Å². The fourth-order valence-electron chi connectivity index (χ4n) is 3.52. The summed E-state index contributed by atoms with van der Waals surface area (Å²) in [6, 6.07) is 10.1.